The lowest BCUT2D eigenvalue weighted by atomic mass is 10.1. The summed E-state index contributed by atoms with van der Waals surface area (Å²) in [6.45, 7) is 0.691. The third kappa shape index (κ3) is 4.30. The van der Waals surface area contributed by atoms with Crippen molar-refractivity contribution in [3.05, 3.63) is 65.0 Å². The molecule has 1 aliphatic rings. The number of H-pyrrole nitrogens is 1. The quantitative estimate of drug-likeness (QED) is 0.380. The van der Waals surface area contributed by atoms with Gasteiger partial charge < -0.3 is 23.5 Å². The second kappa shape index (κ2) is 9.80. The lowest BCUT2D eigenvalue weighted by molar-refractivity contribution is 0.0708. The molecule has 0 fully saturated rings. The average Bonchev–Trinajstić information content (AvgIpc) is 3.70. The number of amides is 1. The molecule has 0 saturated heterocycles. The van der Waals surface area contributed by atoms with Gasteiger partial charge in [0.05, 0.1) is 52.1 Å². The van der Waals surface area contributed by atoms with E-state index >= 15 is 0 Å². The zero-order valence-electron chi connectivity index (χ0n) is 20.8. The first-order valence-corrected chi connectivity index (χ1v) is 11.7. The standard InChI is InChI=1S/C26H29N5O5/c1-30-22-9-5-8-18(22)21(29-30)15-31(14-17-7-6-10-36-17)26(32)20-13-19(27-28-20)16-11-23(33-2)25(35-4)24(12-16)34-3/h6-7,10-13H,5,8-9,14-15H2,1-4H3,(H,27,28). The summed E-state index contributed by atoms with van der Waals surface area (Å²) in [6.07, 6.45) is 4.72. The number of aryl methyl sites for hydroxylation is 1. The molecule has 3 heterocycles. The fraction of sp³-hybridized carbons (Fsp3) is 0.346. The minimum Gasteiger partial charge on any atom is -0.493 e. The van der Waals surface area contributed by atoms with Gasteiger partial charge in [-0.1, -0.05) is 0 Å². The summed E-state index contributed by atoms with van der Waals surface area (Å²) in [5, 5.41) is 12.0. The van der Waals surface area contributed by atoms with Crippen LogP contribution in [-0.4, -0.2) is 52.1 Å². The minimum atomic E-state index is -0.199. The van der Waals surface area contributed by atoms with Crippen LogP contribution in [0.2, 0.25) is 0 Å². The summed E-state index contributed by atoms with van der Waals surface area (Å²) in [4.78, 5) is 15.4. The van der Waals surface area contributed by atoms with E-state index in [1.54, 1.807) is 50.7 Å². The summed E-state index contributed by atoms with van der Waals surface area (Å²) in [5.41, 5.74) is 5.08. The Morgan fingerprint density at radius 3 is 2.56 bits per heavy atom. The Labute approximate surface area is 208 Å². The molecule has 1 amide bonds. The molecule has 1 N–H and O–H groups in total. The average molecular weight is 492 g/mol. The topological polar surface area (TPSA) is 108 Å². The van der Waals surface area contributed by atoms with E-state index in [1.165, 1.54) is 11.3 Å². The summed E-state index contributed by atoms with van der Waals surface area (Å²) in [7, 11) is 6.63. The first-order chi connectivity index (χ1) is 17.5. The van der Waals surface area contributed by atoms with Gasteiger partial charge in [0.2, 0.25) is 5.75 Å². The minimum absolute atomic E-state index is 0.199. The van der Waals surface area contributed by atoms with Crippen LogP contribution in [0.3, 0.4) is 0 Å². The number of hydrogen-bond acceptors (Lipinski definition) is 7. The van der Waals surface area contributed by atoms with Crippen molar-refractivity contribution in [1.82, 2.24) is 24.9 Å². The molecule has 36 heavy (non-hydrogen) atoms. The maximum atomic E-state index is 13.7. The number of ether oxygens (including phenoxy) is 3. The molecule has 3 aromatic heterocycles. The van der Waals surface area contributed by atoms with Crippen LogP contribution < -0.4 is 14.2 Å². The molecule has 0 aliphatic heterocycles. The fourth-order valence-electron chi connectivity index (χ4n) is 4.77. The van der Waals surface area contributed by atoms with E-state index in [0.717, 1.165) is 30.5 Å². The highest BCUT2D eigenvalue weighted by Gasteiger charge is 2.26. The van der Waals surface area contributed by atoms with Gasteiger partial charge in [0.15, 0.2) is 11.5 Å². The first kappa shape index (κ1) is 23.5. The number of aromatic nitrogens is 4. The Morgan fingerprint density at radius 1 is 1.11 bits per heavy atom. The molecule has 1 aromatic carbocycles. The predicted molar refractivity (Wildman–Crippen MR) is 131 cm³/mol. The number of nitrogens with zero attached hydrogens (tertiary/aromatic N) is 4. The van der Waals surface area contributed by atoms with Crippen molar-refractivity contribution in [2.24, 2.45) is 7.05 Å². The van der Waals surface area contributed by atoms with Crippen LogP contribution in [0.15, 0.2) is 41.0 Å². The molecular weight excluding hydrogens is 462 g/mol. The zero-order valence-corrected chi connectivity index (χ0v) is 20.8. The highest BCUT2D eigenvalue weighted by Crippen LogP contribution is 2.41. The predicted octanol–water partition coefficient (Wildman–Crippen LogP) is 3.76. The van der Waals surface area contributed by atoms with Crippen LogP contribution in [0.1, 0.15) is 39.6 Å². The van der Waals surface area contributed by atoms with Crippen LogP contribution in [-0.2, 0) is 33.0 Å². The maximum absolute atomic E-state index is 13.7. The highest BCUT2D eigenvalue weighted by atomic mass is 16.5. The van der Waals surface area contributed by atoms with Crippen molar-refractivity contribution in [2.45, 2.75) is 32.4 Å². The van der Waals surface area contributed by atoms with Crippen LogP contribution in [0, 0.1) is 0 Å². The van der Waals surface area contributed by atoms with Crippen molar-refractivity contribution < 1.29 is 23.4 Å². The smallest absolute Gasteiger partial charge is 0.272 e. The van der Waals surface area contributed by atoms with E-state index in [4.69, 9.17) is 23.7 Å². The molecule has 0 radical (unpaired) electrons. The molecule has 10 heteroatoms. The lowest BCUT2D eigenvalue weighted by Crippen LogP contribution is -2.31. The Bertz CT molecular complexity index is 1350. The molecule has 4 aromatic rings. The van der Waals surface area contributed by atoms with Gasteiger partial charge in [0, 0.05) is 18.3 Å². The molecule has 0 saturated carbocycles. The second-order valence-electron chi connectivity index (χ2n) is 8.67. The van der Waals surface area contributed by atoms with Crippen molar-refractivity contribution in [1.29, 1.82) is 0 Å². The van der Waals surface area contributed by atoms with Crippen LogP contribution in [0.25, 0.3) is 11.3 Å². The summed E-state index contributed by atoms with van der Waals surface area (Å²) in [6, 6.07) is 8.99. The monoisotopic (exact) mass is 491 g/mol. The van der Waals surface area contributed by atoms with Crippen molar-refractivity contribution in [3.63, 3.8) is 0 Å². The van der Waals surface area contributed by atoms with E-state index in [2.05, 4.69) is 10.2 Å². The van der Waals surface area contributed by atoms with Gasteiger partial charge in [-0.05, 0) is 55.2 Å². The van der Waals surface area contributed by atoms with Gasteiger partial charge in [-0.3, -0.25) is 14.6 Å². The van der Waals surface area contributed by atoms with Gasteiger partial charge in [0.25, 0.3) is 5.91 Å². The first-order valence-electron chi connectivity index (χ1n) is 11.7. The van der Waals surface area contributed by atoms with Crippen molar-refractivity contribution in [3.8, 4) is 28.5 Å². The number of furan rings is 1. The van der Waals surface area contributed by atoms with E-state index < -0.39 is 0 Å². The van der Waals surface area contributed by atoms with Gasteiger partial charge in [0.1, 0.15) is 11.5 Å². The third-order valence-corrected chi connectivity index (χ3v) is 6.52. The number of fused-ring (bicyclic) bond motifs is 1. The molecule has 5 rings (SSSR count). The molecule has 0 spiro atoms. The highest BCUT2D eigenvalue weighted by molar-refractivity contribution is 5.93. The number of methoxy groups -OCH3 is 3. The Morgan fingerprint density at radius 2 is 1.89 bits per heavy atom. The SMILES string of the molecule is COc1cc(-c2cc(C(=O)N(Cc3ccco3)Cc3nn(C)c4c3CCC4)[nH]n2)cc(OC)c1OC. The van der Waals surface area contributed by atoms with Gasteiger partial charge in [-0.15, -0.1) is 0 Å². The van der Waals surface area contributed by atoms with Crippen LogP contribution in [0.5, 0.6) is 17.2 Å². The summed E-state index contributed by atoms with van der Waals surface area (Å²) >= 11 is 0. The Hall–Kier alpha value is -4.21. The van der Waals surface area contributed by atoms with Crippen molar-refractivity contribution >= 4 is 5.91 Å². The van der Waals surface area contributed by atoms with E-state index in [1.807, 2.05) is 23.9 Å². The van der Waals surface area contributed by atoms with E-state index in [0.29, 0.717) is 47.5 Å². The Kier molecular flexibility index (Phi) is 6.41. The number of aromatic amines is 1. The largest absolute Gasteiger partial charge is 0.493 e. The van der Waals surface area contributed by atoms with Crippen LogP contribution in [0.4, 0.5) is 0 Å². The number of carbonyl (C=O) groups is 1. The fourth-order valence-corrected chi connectivity index (χ4v) is 4.77. The third-order valence-electron chi connectivity index (χ3n) is 6.52. The lowest BCUT2D eigenvalue weighted by Gasteiger charge is -2.20. The van der Waals surface area contributed by atoms with Crippen molar-refractivity contribution in [2.75, 3.05) is 21.3 Å². The summed E-state index contributed by atoms with van der Waals surface area (Å²) < 4.78 is 23.8. The van der Waals surface area contributed by atoms with Gasteiger partial charge >= 0.3 is 0 Å². The number of nitrogens with one attached hydrogen (secondary N) is 1. The molecule has 188 valence electrons. The molecular formula is C26H29N5O5. The van der Waals surface area contributed by atoms with Gasteiger partial charge in [-0.2, -0.15) is 10.2 Å². The second-order valence-corrected chi connectivity index (χ2v) is 8.67. The molecule has 0 atom stereocenters. The Balaban J connectivity index is 1.45. The van der Waals surface area contributed by atoms with Gasteiger partial charge in [-0.25, -0.2) is 0 Å². The number of carbonyl (C=O) groups excluding carboxylic acids is 1. The number of benzene rings is 1. The van der Waals surface area contributed by atoms with E-state index in [9.17, 15) is 4.79 Å². The molecule has 1 aliphatic carbocycles. The molecule has 10 nitrogen and oxygen atoms in total. The molecule has 0 bridgehead atoms. The van der Waals surface area contributed by atoms with E-state index in [-0.39, 0.29) is 5.91 Å². The number of rotatable bonds is 9. The van der Waals surface area contributed by atoms with Crippen LogP contribution >= 0.6 is 0 Å². The summed E-state index contributed by atoms with van der Waals surface area (Å²) in [5.74, 6) is 2.00. The zero-order chi connectivity index (χ0) is 25.2. The molecule has 0 unspecified atom stereocenters. The maximum Gasteiger partial charge on any atom is 0.272 e. The number of hydrogen-bond donors (Lipinski definition) is 1. The normalized spacial score (nSPS) is 12.4.